The van der Waals surface area contributed by atoms with E-state index in [2.05, 4.69) is 6.58 Å². The van der Waals surface area contributed by atoms with Gasteiger partial charge in [0.2, 0.25) is 11.8 Å². The molecule has 3 fully saturated rings. The summed E-state index contributed by atoms with van der Waals surface area (Å²) in [6, 6.07) is 0. The third-order valence-electron chi connectivity index (χ3n) is 5.58. The quantitative estimate of drug-likeness (QED) is 0.567. The monoisotopic (exact) mass is 247 g/mol. The van der Waals surface area contributed by atoms with E-state index in [1.807, 2.05) is 0 Å². The van der Waals surface area contributed by atoms with Crippen LogP contribution in [-0.4, -0.2) is 23.3 Å². The fourth-order valence-electron chi connectivity index (χ4n) is 4.27. The Morgan fingerprint density at radius 2 is 1.89 bits per heavy atom. The minimum atomic E-state index is -0.00556. The number of carbonyl (C=O) groups is 2. The lowest BCUT2D eigenvalue weighted by atomic mass is 9.42. The van der Waals surface area contributed by atoms with E-state index in [4.69, 9.17) is 0 Å². The Labute approximate surface area is 108 Å². The van der Waals surface area contributed by atoms with E-state index in [-0.39, 0.29) is 11.8 Å². The first-order chi connectivity index (χ1) is 8.67. The van der Waals surface area contributed by atoms with Gasteiger partial charge in [0, 0.05) is 19.4 Å². The zero-order valence-corrected chi connectivity index (χ0v) is 10.9. The Bertz CT molecular complexity index is 393. The molecule has 2 saturated carbocycles. The number of fused-ring (bicyclic) bond motifs is 1. The van der Waals surface area contributed by atoms with Gasteiger partial charge in [0.1, 0.15) is 0 Å². The van der Waals surface area contributed by atoms with Gasteiger partial charge in [-0.3, -0.25) is 14.5 Å². The summed E-state index contributed by atoms with van der Waals surface area (Å²) in [4.78, 5) is 25.5. The molecule has 1 heterocycles. The topological polar surface area (TPSA) is 37.4 Å². The molecule has 0 spiro atoms. The number of rotatable bonds is 3. The maximum Gasteiger partial charge on any atom is 0.229 e. The number of imide groups is 1. The van der Waals surface area contributed by atoms with Gasteiger partial charge in [-0.2, -0.15) is 0 Å². The van der Waals surface area contributed by atoms with Gasteiger partial charge in [-0.05, 0) is 49.4 Å². The van der Waals surface area contributed by atoms with Gasteiger partial charge < -0.3 is 0 Å². The molecule has 1 aliphatic heterocycles. The maximum absolute atomic E-state index is 12.2. The average Bonchev–Trinajstić information content (AvgIpc) is 2.47. The molecular formula is C15H21NO2. The summed E-state index contributed by atoms with van der Waals surface area (Å²) in [5.41, 5.74) is 0.445. The van der Waals surface area contributed by atoms with E-state index in [1.165, 1.54) is 30.6 Å². The van der Waals surface area contributed by atoms with Crippen LogP contribution in [0.15, 0.2) is 12.7 Å². The van der Waals surface area contributed by atoms with Crippen molar-refractivity contribution in [2.24, 2.45) is 17.3 Å². The lowest BCUT2D eigenvalue weighted by molar-refractivity contribution is -0.147. The zero-order chi connectivity index (χ0) is 12.8. The van der Waals surface area contributed by atoms with Crippen molar-refractivity contribution in [2.45, 2.75) is 44.9 Å². The molecule has 3 rings (SSSR count). The van der Waals surface area contributed by atoms with Crippen LogP contribution in [0.5, 0.6) is 0 Å². The molecule has 3 aliphatic rings. The van der Waals surface area contributed by atoms with Gasteiger partial charge in [0.15, 0.2) is 0 Å². The standard InChI is InChI=1S/C15H21NO2/c1-2-9-16-13(17)4-3-12(10-14(16)18)15-7-5-11(15)6-8-15/h2,11-12H,1,3-10H2. The van der Waals surface area contributed by atoms with Crippen molar-refractivity contribution in [3.63, 3.8) is 0 Å². The Morgan fingerprint density at radius 3 is 2.39 bits per heavy atom. The summed E-state index contributed by atoms with van der Waals surface area (Å²) >= 11 is 0. The third kappa shape index (κ3) is 1.56. The van der Waals surface area contributed by atoms with Gasteiger partial charge in [-0.15, -0.1) is 6.58 Å². The van der Waals surface area contributed by atoms with E-state index < -0.39 is 0 Å². The van der Waals surface area contributed by atoms with E-state index in [0.29, 0.717) is 30.7 Å². The van der Waals surface area contributed by atoms with Crippen LogP contribution in [0, 0.1) is 17.3 Å². The minimum absolute atomic E-state index is 0.00556. The zero-order valence-electron chi connectivity index (χ0n) is 10.9. The Kier molecular flexibility index (Phi) is 2.80. The van der Waals surface area contributed by atoms with Crippen molar-refractivity contribution in [1.29, 1.82) is 0 Å². The summed E-state index contributed by atoms with van der Waals surface area (Å²) < 4.78 is 0. The second-order valence-electron chi connectivity index (χ2n) is 6.13. The predicted octanol–water partition coefficient (Wildman–Crippen LogP) is 2.52. The van der Waals surface area contributed by atoms with Gasteiger partial charge in [0.05, 0.1) is 0 Å². The first-order valence-electron chi connectivity index (χ1n) is 7.11. The third-order valence-corrected chi connectivity index (χ3v) is 5.58. The second kappa shape index (κ2) is 4.22. The van der Waals surface area contributed by atoms with Crippen LogP contribution in [0.2, 0.25) is 0 Å². The summed E-state index contributed by atoms with van der Waals surface area (Å²) in [5.74, 6) is 1.33. The van der Waals surface area contributed by atoms with Gasteiger partial charge in [-0.1, -0.05) is 6.08 Å². The highest BCUT2D eigenvalue weighted by atomic mass is 16.2. The summed E-state index contributed by atoms with van der Waals surface area (Å²) in [7, 11) is 0. The second-order valence-corrected chi connectivity index (χ2v) is 6.13. The Hall–Kier alpha value is -1.12. The van der Waals surface area contributed by atoms with E-state index >= 15 is 0 Å². The number of carbonyl (C=O) groups excluding carboxylic acids is 2. The molecule has 2 amide bonds. The largest absolute Gasteiger partial charge is 0.279 e. The lowest BCUT2D eigenvalue weighted by Crippen LogP contribution is -2.54. The molecule has 1 saturated heterocycles. The maximum atomic E-state index is 12.2. The first-order valence-corrected chi connectivity index (χ1v) is 7.11. The smallest absolute Gasteiger partial charge is 0.229 e. The molecule has 0 radical (unpaired) electrons. The van der Waals surface area contributed by atoms with Crippen molar-refractivity contribution < 1.29 is 9.59 Å². The Balaban J connectivity index is 1.74. The Morgan fingerprint density at radius 1 is 1.17 bits per heavy atom. The molecule has 1 unspecified atom stereocenters. The normalized spacial score (nSPS) is 39.4. The van der Waals surface area contributed by atoms with Crippen molar-refractivity contribution in [2.75, 3.05) is 6.54 Å². The van der Waals surface area contributed by atoms with E-state index in [1.54, 1.807) is 6.08 Å². The van der Waals surface area contributed by atoms with Crippen molar-refractivity contribution in [1.82, 2.24) is 4.90 Å². The number of hydrogen-bond donors (Lipinski definition) is 0. The fourth-order valence-corrected chi connectivity index (χ4v) is 4.27. The molecule has 3 nitrogen and oxygen atoms in total. The van der Waals surface area contributed by atoms with E-state index in [0.717, 1.165) is 12.3 Å². The first kappa shape index (κ1) is 11.9. The van der Waals surface area contributed by atoms with E-state index in [9.17, 15) is 9.59 Å². The number of amides is 2. The molecular weight excluding hydrogens is 226 g/mol. The lowest BCUT2D eigenvalue weighted by Gasteiger charge is -2.62. The molecule has 1 atom stereocenters. The molecule has 0 aromatic carbocycles. The highest BCUT2D eigenvalue weighted by molar-refractivity contribution is 5.96. The summed E-state index contributed by atoms with van der Waals surface area (Å²) in [6.45, 7) is 4.00. The van der Waals surface area contributed by atoms with Crippen LogP contribution in [0.25, 0.3) is 0 Å². The van der Waals surface area contributed by atoms with Gasteiger partial charge >= 0.3 is 0 Å². The molecule has 0 aromatic rings. The van der Waals surface area contributed by atoms with Crippen LogP contribution < -0.4 is 0 Å². The molecule has 2 aliphatic carbocycles. The average molecular weight is 247 g/mol. The minimum Gasteiger partial charge on any atom is -0.279 e. The summed E-state index contributed by atoms with van der Waals surface area (Å²) in [6.07, 6.45) is 8.92. The molecule has 98 valence electrons. The van der Waals surface area contributed by atoms with Crippen molar-refractivity contribution in [3.8, 4) is 0 Å². The highest BCUT2D eigenvalue weighted by Gasteiger charge is 2.58. The van der Waals surface area contributed by atoms with Crippen molar-refractivity contribution >= 4 is 11.8 Å². The predicted molar refractivity (Wildman–Crippen MR) is 68.6 cm³/mol. The molecule has 0 aromatic heterocycles. The molecule has 0 bridgehead atoms. The van der Waals surface area contributed by atoms with Crippen LogP contribution in [0.4, 0.5) is 0 Å². The van der Waals surface area contributed by atoms with Crippen LogP contribution in [0.1, 0.15) is 44.9 Å². The number of likely N-dealkylation sites (tertiary alicyclic amines) is 1. The van der Waals surface area contributed by atoms with Crippen molar-refractivity contribution in [3.05, 3.63) is 12.7 Å². The fraction of sp³-hybridized carbons (Fsp3) is 0.733. The SMILES string of the molecule is C=CCN1C(=O)CCC(C23CCC2CC3)CC1=O. The highest BCUT2D eigenvalue weighted by Crippen LogP contribution is 2.66. The molecule has 0 N–H and O–H groups in total. The van der Waals surface area contributed by atoms with Crippen LogP contribution in [0.3, 0.4) is 0 Å². The van der Waals surface area contributed by atoms with Gasteiger partial charge in [-0.25, -0.2) is 0 Å². The number of nitrogens with zero attached hydrogens (tertiary/aromatic N) is 1. The number of hydrogen-bond acceptors (Lipinski definition) is 2. The molecule has 3 heteroatoms. The van der Waals surface area contributed by atoms with Crippen LogP contribution >= 0.6 is 0 Å². The van der Waals surface area contributed by atoms with Crippen LogP contribution in [-0.2, 0) is 9.59 Å². The summed E-state index contributed by atoms with van der Waals surface area (Å²) in [5, 5.41) is 0. The molecule has 18 heavy (non-hydrogen) atoms. The van der Waals surface area contributed by atoms with Gasteiger partial charge in [0.25, 0.3) is 0 Å².